The Bertz CT molecular complexity index is 972. The van der Waals surface area contributed by atoms with Crippen molar-refractivity contribution in [1.29, 1.82) is 0 Å². The number of nitrogens with zero attached hydrogens (tertiary/aromatic N) is 4. The Kier molecular flexibility index (Phi) is 4.39. The van der Waals surface area contributed by atoms with Crippen LogP contribution >= 0.6 is 11.6 Å². The van der Waals surface area contributed by atoms with Gasteiger partial charge in [-0.25, -0.2) is 4.98 Å². The minimum Gasteiger partial charge on any atom is -0.353 e. The summed E-state index contributed by atoms with van der Waals surface area (Å²) >= 11 is 6.49. The number of aryl methyl sites for hydroxylation is 2. The quantitative estimate of drug-likeness (QED) is 0.633. The molecule has 0 N–H and O–H groups in total. The monoisotopic (exact) mass is 368 g/mol. The normalized spacial score (nSPS) is 13.8. The van der Waals surface area contributed by atoms with E-state index >= 15 is 0 Å². The van der Waals surface area contributed by atoms with Gasteiger partial charge in [0.2, 0.25) is 0 Å². The van der Waals surface area contributed by atoms with Crippen LogP contribution in [0.5, 0.6) is 0 Å². The van der Waals surface area contributed by atoms with Crippen LogP contribution in [0.15, 0.2) is 24.3 Å². The van der Waals surface area contributed by atoms with E-state index in [-0.39, 0.29) is 0 Å². The summed E-state index contributed by atoms with van der Waals surface area (Å²) in [5, 5.41) is 5.64. The average Bonchev–Trinajstić information content (AvgIpc) is 3.19. The van der Waals surface area contributed by atoms with Gasteiger partial charge in [-0.1, -0.05) is 43.6 Å². The fourth-order valence-electron chi connectivity index (χ4n) is 4.27. The second-order valence-corrected chi connectivity index (χ2v) is 7.50. The Morgan fingerprint density at radius 3 is 2.54 bits per heavy atom. The van der Waals surface area contributed by atoms with Gasteiger partial charge in [-0.15, -0.1) is 0 Å². The van der Waals surface area contributed by atoms with Crippen LogP contribution in [-0.4, -0.2) is 27.2 Å². The van der Waals surface area contributed by atoms with Crippen LogP contribution in [0.3, 0.4) is 0 Å². The van der Waals surface area contributed by atoms with E-state index in [1.165, 1.54) is 11.4 Å². The summed E-state index contributed by atoms with van der Waals surface area (Å²) in [5.41, 5.74) is 6.35. The molecule has 26 heavy (non-hydrogen) atoms. The molecule has 0 aliphatic carbocycles. The third-order valence-corrected chi connectivity index (χ3v) is 5.95. The Hall–Kier alpha value is -2.07. The minimum absolute atomic E-state index is 0.537. The van der Waals surface area contributed by atoms with Gasteiger partial charge < -0.3 is 4.90 Å². The van der Waals surface area contributed by atoms with E-state index in [2.05, 4.69) is 36.3 Å². The highest BCUT2D eigenvalue weighted by molar-refractivity contribution is 6.33. The molecule has 0 fully saturated rings. The van der Waals surface area contributed by atoms with Gasteiger partial charge in [0.05, 0.1) is 11.3 Å². The van der Waals surface area contributed by atoms with Gasteiger partial charge in [-0.3, -0.25) is 0 Å². The highest BCUT2D eigenvalue weighted by Gasteiger charge is 2.31. The van der Waals surface area contributed by atoms with Gasteiger partial charge in [0.15, 0.2) is 5.65 Å². The molecule has 2 aromatic heterocycles. The predicted molar refractivity (Wildman–Crippen MR) is 108 cm³/mol. The molecule has 136 valence electrons. The molecule has 0 saturated heterocycles. The maximum Gasteiger partial charge on any atom is 0.165 e. The largest absolute Gasteiger partial charge is 0.353 e. The summed E-state index contributed by atoms with van der Waals surface area (Å²) in [4.78, 5) is 7.47. The third-order valence-electron chi connectivity index (χ3n) is 5.62. The van der Waals surface area contributed by atoms with E-state index in [1.807, 2.05) is 25.1 Å². The standard InChI is InChI=1S/C21H25ClN4/c1-5-15(6-2)25-12-11-16-13(3)23-20-19(14(4)24-26(20)21(16)25)17-9-7-8-10-18(17)22/h7-10,15H,5-6,11-12H2,1-4H3. The van der Waals surface area contributed by atoms with Crippen LogP contribution in [0.4, 0.5) is 5.82 Å². The number of aromatic nitrogens is 3. The SMILES string of the molecule is CCC(CC)N1CCc2c(C)nc3c(-c4ccccc4Cl)c(C)nn3c21. The van der Waals surface area contributed by atoms with Crippen molar-refractivity contribution in [2.75, 3.05) is 11.4 Å². The van der Waals surface area contributed by atoms with Crippen molar-refractivity contribution < 1.29 is 0 Å². The van der Waals surface area contributed by atoms with E-state index < -0.39 is 0 Å². The molecule has 0 unspecified atom stereocenters. The van der Waals surface area contributed by atoms with Crippen LogP contribution in [0.1, 0.15) is 43.6 Å². The summed E-state index contributed by atoms with van der Waals surface area (Å²) in [6.07, 6.45) is 3.31. The molecule has 1 aromatic carbocycles. The number of fused-ring (bicyclic) bond motifs is 3. The highest BCUT2D eigenvalue weighted by Crippen LogP contribution is 2.38. The van der Waals surface area contributed by atoms with Gasteiger partial charge in [-0.05, 0) is 39.2 Å². The summed E-state index contributed by atoms with van der Waals surface area (Å²) in [7, 11) is 0. The Morgan fingerprint density at radius 2 is 1.85 bits per heavy atom. The number of halogens is 1. The molecule has 0 saturated carbocycles. The van der Waals surface area contributed by atoms with Crippen molar-refractivity contribution in [3.8, 4) is 11.1 Å². The molecular formula is C21H25ClN4. The van der Waals surface area contributed by atoms with Crippen LogP contribution in [0, 0.1) is 13.8 Å². The summed E-state index contributed by atoms with van der Waals surface area (Å²) in [6.45, 7) is 9.74. The van der Waals surface area contributed by atoms with Crippen molar-refractivity contribution in [3.63, 3.8) is 0 Å². The summed E-state index contributed by atoms with van der Waals surface area (Å²) in [6, 6.07) is 8.49. The zero-order valence-electron chi connectivity index (χ0n) is 15.9. The van der Waals surface area contributed by atoms with Crippen LogP contribution in [-0.2, 0) is 6.42 Å². The van der Waals surface area contributed by atoms with Crippen LogP contribution < -0.4 is 4.90 Å². The molecule has 0 radical (unpaired) electrons. The van der Waals surface area contributed by atoms with Crippen LogP contribution in [0.2, 0.25) is 5.02 Å². The van der Waals surface area contributed by atoms with Gasteiger partial charge >= 0.3 is 0 Å². The van der Waals surface area contributed by atoms with Crippen molar-refractivity contribution in [3.05, 3.63) is 46.2 Å². The molecular weight excluding hydrogens is 344 g/mol. The van der Waals surface area contributed by atoms with Gasteiger partial charge in [0, 0.05) is 34.4 Å². The Balaban J connectivity index is 2.00. The third kappa shape index (κ3) is 2.50. The molecule has 5 heteroatoms. The summed E-state index contributed by atoms with van der Waals surface area (Å²) < 4.78 is 2.06. The average molecular weight is 369 g/mol. The molecule has 1 aliphatic heterocycles. The van der Waals surface area contributed by atoms with E-state index in [0.29, 0.717) is 6.04 Å². The van der Waals surface area contributed by atoms with Crippen molar-refractivity contribution in [2.45, 2.75) is 53.0 Å². The number of hydrogen-bond acceptors (Lipinski definition) is 3. The number of benzene rings is 1. The van der Waals surface area contributed by atoms with E-state index in [4.69, 9.17) is 21.7 Å². The van der Waals surface area contributed by atoms with E-state index in [1.54, 1.807) is 0 Å². The highest BCUT2D eigenvalue weighted by atomic mass is 35.5. The number of rotatable bonds is 4. The molecule has 0 spiro atoms. The zero-order valence-corrected chi connectivity index (χ0v) is 16.6. The fourth-order valence-corrected chi connectivity index (χ4v) is 4.50. The first kappa shape index (κ1) is 17.3. The fraction of sp³-hybridized carbons (Fsp3) is 0.429. The first-order chi connectivity index (χ1) is 12.6. The molecule has 4 rings (SSSR count). The first-order valence-electron chi connectivity index (χ1n) is 9.47. The Morgan fingerprint density at radius 1 is 1.12 bits per heavy atom. The zero-order chi connectivity index (χ0) is 18.4. The van der Waals surface area contributed by atoms with E-state index in [0.717, 1.165) is 59.0 Å². The maximum absolute atomic E-state index is 6.49. The molecule has 3 heterocycles. The molecule has 3 aromatic rings. The van der Waals surface area contributed by atoms with Crippen molar-refractivity contribution in [1.82, 2.24) is 14.6 Å². The van der Waals surface area contributed by atoms with Crippen molar-refractivity contribution >= 4 is 23.1 Å². The lowest BCUT2D eigenvalue weighted by molar-refractivity contribution is 0.563. The van der Waals surface area contributed by atoms with Gasteiger partial charge in [-0.2, -0.15) is 9.61 Å². The molecule has 4 nitrogen and oxygen atoms in total. The second kappa shape index (κ2) is 6.58. The lowest BCUT2D eigenvalue weighted by Gasteiger charge is -2.28. The molecule has 0 bridgehead atoms. The Labute approximate surface area is 159 Å². The summed E-state index contributed by atoms with van der Waals surface area (Å²) in [5.74, 6) is 1.22. The topological polar surface area (TPSA) is 33.4 Å². The van der Waals surface area contributed by atoms with Crippen molar-refractivity contribution in [2.24, 2.45) is 0 Å². The minimum atomic E-state index is 0.537. The van der Waals surface area contributed by atoms with Crippen LogP contribution in [0.25, 0.3) is 16.8 Å². The molecule has 0 atom stereocenters. The molecule has 1 aliphatic rings. The maximum atomic E-state index is 6.49. The predicted octanol–water partition coefficient (Wildman–Crippen LogP) is 5.22. The second-order valence-electron chi connectivity index (χ2n) is 7.09. The number of anilines is 1. The lowest BCUT2D eigenvalue weighted by Crippen LogP contribution is -2.34. The first-order valence-corrected chi connectivity index (χ1v) is 9.84. The molecule has 0 amide bonds. The number of hydrogen-bond donors (Lipinski definition) is 0. The lowest BCUT2D eigenvalue weighted by atomic mass is 10.1. The van der Waals surface area contributed by atoms with Gasteiger partial charge in [0.25, 0.3) is 0 Å². The van der Waals surface area contributed by atoms with E-state index in [9.17, 15) is 0 Å². The smallest absolute Gasteiger partial charge is 0.165 e. The van der Waals surface area contributed by atoms with Gasteiger partial charge in [0.1, 0.15) is 5.82 Å².